The second-order valence-corrected chi connectivity index (χ2v) is 7.94. The molecular formula is C21H21N3OS. The molecule has 26 heavy (non-hydrogen) atoms. The van der Waals surface area contributed by atoms with Gasteiger partial charge in [0.2, 0.25) is 5.91 Å². The fourth-order valence-corrected chi connectivity index (χ4v) is 4.45. The zero-order chi connectivity index (χ0) is 18.1. The lowest BCUT2D eigenvalue weighted by Crippen LogP contribution is -2.27. The molecule has 132 valence electrons. The molecule has 1 aliphatic carbocycles. The Bertz CT molecular complexity index is 949. The van der Waals surface area contributed by atoms with E-state index in [1.54, 1.807) is 17.5 Å². The van der Waals surface area contributed by atoms with E-state index in [1.165, 1.54) is 16.0 Å². The van der Waals surface area contributed by atoms with Crippen molar-refractivity contribution >= 4 is 22.9 Å². The van der Waals surface area contributed by atoms with Crippen LogP contribution in [-0.2, 0) is 17.6 Å². The molecule has 1 N–H and O–H groups in total. The molecule has 0 spiro atoms. The number of benzene rings is 1. The van der Waals surface area contributed by atoms with E-state index in [4.69, 9.17) is 4.98 Å². The number of nitrogens with one attached hydrogen (secondary N) is 1. The van der Waals surface area contributed by atoms with E-state index in [0.717, 1.165) is 41.2 Å². The minimum atomic E-state index is 0.00584. The van der Waals surface area contributed by atoms with Crippen molar-refractivity contribution < 1.29 is 4.79 Å². The molecule has 0 fully saturated rings. The summed E-state index contributed by atoms with van der Waals surface area (Å²) in [6.07, 6.45) is 6.08. The Kier molecular flexibility index (Phi) is 4.55. The van der Waals surface area contributed by atoms with Crippen molar-refractivity contribution in [1.82, 2.24) is 9.97 Å². The SMILES string of the molecule is Cc1ccc(NC(=O)C2CCc3nc(-c4cccnc4)sc3C2)cc1C. The maximum atomic E-state index is 12.7. The second kappa shape index (κ2) is 7.00. The number of aromatic nitrogens is 2. The van der Waals surface area contributed by atoms with E-state index in [2.05, 4.69) is 24.1 Å². The molecule has 3 aromatic rings. The van der Waals surface area contributed by atoms with E-state index in [1.807, 2.05) is 36.5 Å². The summed E-state index contributed by atoms with van der Waals surface area (Å²) < 4.78 is 0. The number of carbonyl (C=O) groups excluding carboxylic acids is 1. The number of fused-ring (bicyclic) bond motifs is 1. The Hall–Kier alpha value is -2.53. The molecule has 0 saturated carbocycles. The van der Waals surface area contributed by atoms with E-state index in [9.17, 15) is 4.79 Å². The number of rotatable bonds is 3. The summed E-state index contributed by atoms with van der Waals surface area (Å²) in [5, 5.41) is 4.08. The first kappa shape index (κ1) is 16.9. The van der Waals surface area contributed by atoms with Crippen LogP contribution < -0.4 is 5.32 Å². The van der Waals surface area contributed by atoms with Gasteiger partial charge in [0.25, 0.3) is 0 Å². The third-order valence-electron chi connectivity index (χ3n) is 4.99. The lowest BCUT2D eigenvalue weighted by molar-refractivity contribution is -0.120. The topological polar surface area (TPSA) is 54.9 Å². The summed E-state index contributed by atoms with van der Waals surface area (Å²) >= 11 is 1.69. The Morgan fingerprint density at radius 3 is 2.88 bits per heavy atom. The molecule has 1 aliphatic rings. The maximum absolute atomic E-state index is 12.7. The minimum Gasteiger partial charge on any atom is -0.326 e. The second-order valence-electron chi connectivity index (χ2n) is 6.86. The van der Waals surface area contributed by atoms with Crippen molar-refractivity contribution in [1.29, 1.82) is 0 Å². The number of nitrogens with zero attached hydrogens (tertiary/aromatic N) is 2. The van der Waals surface area contributed by atoms with Crippen molar-refractivity contribution in [3.05, 3.63) is 64.4 Å². The molecule has 0 saturated heterocycles. The zero-order valence-corrected chi connectivity index (χ0v) is 15.8. The zero-order valence-electron chi connectivity index (χ0n) is 15.0. The molecule has 1 atom stereocenters. The minimum absolute atomic E-state index is 0.00584. The third kappa shape index (κ3) is 3.40. The van der Waals surface area contributed by atoms with Gasteiger partial charge in [-0.05, 0) is 68.5 Å². The summed E-state index contributed by atoms with van der Waals surface area (Å²) in [7, 11) is 0. The van der Waals surface area contributed by atoms with Crippen LogP contribution in [0.3, 0.4) is 0 Å². The third-order valence-corrected chi connectivity index (χ3v) is 6.16. The molecule has 0 bridgehead atoms. The molecule has 2 aromatic heterocycles. The first-order valence-electron chi connectivity index (χ1n) is 8.87. The number of amides is 1. The number of anilines is 1. The van der Waals surface area contributed by atoms with Gasteiger partial charge < -0.3 is 5.32 Å². The first-order chi connectivity index (χ1) is 12.6. The number of hydrogen-bond donors (Lipinski definition) is 1. The van der Waals surface area contributed by atoms with Gasteiger partial charge in [0.05, 0.1) is 5.69 Å². The van der Waals surface area contributed by atoms with Gasteiger partial charge in [-0.2, -0.15) is 0 Å². The molecule has 1 unspecified atom stereocenters. The van der Waals surface area contributed by atoms with Crippen LogP contribution in [0.5, 0.6) is 0 Å². The Morgan fingerprint density at radius 1 is 1.23 bits per heavy atom. The highest BCUT2D eigenvalue weighted by molar-refractivity contribution is 7.15. The summed E-state index contributed by atoms with van der Waals surface area (Å²) in [5.74, 6) is 0.113. The largest absolute Gasteiger partial charge is 0.326 e. The van der Waals surface area contributed by atoms with Crippen molar-refractivity contribution in [3.63, 3.8) is 0 Å². The lowest BCUT2D eigenvalue weighted by Gasteiger charge is -2.20. The normalized spacial score (nSPS) is 16.2. The molecule has 4 rings (SSSR count). The molecule has 4 nitrogen and oxygen atoms in total. The van der Waals surface area contributed by atoms with Crippen LogP contribution in [-0.4, -0.2) is 15.9 Å². The van der Waals surface area contributed by atoms with Crippen molar-refractivity contribution in [2.45, 2.75) is 33.1 Å². The Labute approximate surface area is 157 Å². The van der Waals surface area contributed by atoms with Crippen molar-refractivity contribution in [2.75, 3.05) is 5.32 Å². The van der Waals surface area contributed by atoms with Gasteiger partial charge in [-0.3, -0.25) is 9.78 Å². The summed E-state index contributed by atoms with van der Waals surface area (Å²) in [4.78, 5) is 22.9. The van der Waals surface area contributed by atoms with Crippen LogP contribution in [0.4, 0.5) is 5.69 Å². The average molecular weight is 363 g/mol. The average Bonchev–Trinajstić information content (AvgIpc) is 3.09. The fraction of sp³-hybridized carbons (Fsp3) is 0.286. The molecule has 5 heteroatoms. The van der Waals surface area contributed by atoms with E-state index >= 15 is 0 Å². The fourth-order valence-electron chi connectivity index (χ4n) is 3.27. The van der Waals surface area contributed by atoms with Crippen LogP contribution in [0.15, 0.2) is 42.7 Å². The van der Waals surface area contributed by atoms with Crippen molar-refractivity contribution in [3.8, 4) is 10.6 Å². The van der Waals surface area contributed by atoms with Crippen LogP contribution in [0.2, 0.25) is 0 Å². The molecule has 1 aromatic carbocycles. The predicted octanol–water partition coefficient (Wildman–Crippen LogP) is 4.57. The molecular weight excluding hydrogens is 342 g/mol. The predicted molar refractivity (Wildman–Crippen MR) is 105 cm³/mol. The van der Waals surface area contributed by atoms with Crippen molar-refractivity contribution in [2.24, 2.45) is 5.92 Å². The molecule has 2 heterocycles. The van der Waals surface area contributed by atoms with Gasteiger partial charge >= 0.3 is 0 Å². The number of pyridine rings is 1. The highest BCUT2D eigenvalue weighted by Gasteiger charge is 2.27. The number of carbonyl (C=O) groups is 1. The van der Waals surface area contributed by atoms with E-state index in [0.29, 0.717) is 0 Å². The number of thiazole rings is 1. The van der Waals surface area contributed by atoms with Crippen LogP contribution in [0, 0.1) is 19.8 Å². The van der Waals surface area contributed by atoms with Gasteiger partial charge in [-0.15, -0.1) is 11.3 Å². The van der Waals surface area contributed by atoms with Gasteiger partial charge in [-0.1, -0.05) is 6.07 Å². The summed E-state index contributed by atoms with van der Waals surface area (Å²) in [5.41, 5.74) is 5.49. The van der Waals surface area contributed by atoms with Gasteiger partial charge in [0.15, 0.2) is 0 Å². The van der Waals surface area contributed by atoms with Crippen LogP contribution >= 0.6 is 11.3 Å². The Balaban J connectivity index is 1.48. The number of hydrogen-bond acceptors (Lipinski definition) is 4. The molecule has 0 aliphatic heterocycles. The molecule has 1 amide bonds. The van der Waals surface area contributed by atoms with Gasteiger partial charge in [0.1, 0.15) is 5.01 Å². The van der Waals surface area contributed by atoms with E-state index < -0.39 is 0 Å². The lowest BCUT2D eigenvalue weighted by atomic mass is 9.90. The van der Waals surface area contributed by atoms with Crippen LogP contribution in [0.25, 0.3) is 10.6 Å². The maximum Gasteiger partial charge on any atom is 0.227 e. The van der Waals surface area contributed by atoms with E-state index in [-0.39, 0.29) is 11.8 Å². The highest BCUT2D eigenvalue weighted by Crippen LogP contribution is 2.34. The molecule has 0 radical (unpaired) electrons. The quantitative estimate of drug-likeness (QED) is 0.742. The van der Waals surface area contributed by atoms with Gasteiger partial charge in [0, 0.05) is 34.4 Å². The highest BCUT2D eigenvalue weighted by atomic mass is 32.1. The summed E-state index contributed by atoms with van der Waals surface area (Å²) in [6.45, 7) is 4.14. The smallest absolute Gasteiger partial charge is 0.227 e. The first-order valence-corrected chi connectivity index (χ1v) is 9.69. The standard InChI is InChI=1S/C21H21N3OS/c1-13-5-7-17(10-14(13)2)23-20(25)15-6-8-18-19(11-15)26-21(24-18)16-4-3-9-22-12-16/h3-5,7,9-10,12,15H,6,8,11H2,1-2H3,(H,23,25). The summed E-state index contributed by atoms with van der Waals surface area (Å²) in [6, 6.07) is 10.0. The Morgan fingerprint density at radius 2 is 2.12 bits per heavy atom. The monoisotopic (exact) mass is 363 g/mol. The van der Waals surface area contributed by atoms with Gasteiger partial charge in [-0.25, -0.2) is 4.98 Å². The number of aryl methyl sites for hydroxylation is 3. The van der Waals surface area contributed by atoms with Crippen LogP contribution in [0.1, 0.15) is 28.1 Å².